The van der Waals surface area contributed by atoms with Gasteiger partial charge >= 0.3 is 0 Å². The number of hydrogen-bond donors (Lipinski definition) is 1. The van der Waals surface area contributed by atoms with Crippen LogP contribution in [0.15, 0.2) is 5.11 Å². The Labute approximate surface area is 77.9 Å². The van der Waals surface area contributed by atoms with Crippen LogP contribution in [0.5, 0.6) is 0 Å². The first kappa shape index (κ1) is 10.3. The molecule has 5 nitrogen and oxygen atoms in total. The molecule has 1 aliphatic heterocycles. The molecule has 0 aliphatic carbocycles. The van der Waals surface area contributed by atoms with Gasteiger partial charge < -0.3 is 10.5 Å². The second-order valence-electron chi connectivity index (χ2n) is 3.49. The zero-order valence-corrected chi connectivity index (χ0v) is 7.72. The molecule has 1 rings (SSSR count). The predicted octanol–water partition coefficient (Wildman–Crippen LogP) is 1.44. The highest BCUT2D eigenvalue weighted by molar-refractivity contribution is 4.72. The highest BCUT2D eigenvalue weighted by atomic mass is 16.5. The summed E-state index contributed by atoms with van der Waals surface area (Å²) < 4.78 is 5.33. The van der Waals surface area contributed by atoms with Crippen molar-refractivity contribution < 1.29 is 4.74 Å². The number of ether oxygens (including phenoxy) is 1. The van der Waals surface area contributed by atoms with Crippen LogP contribution in [0.3, 0.4) is 0 Å². The van der Waals surface area contributed by atoms with E-state index in [2.05, 4.69) is 10.0 Å². The van der Waals surface area contributed by atoms with Gasteiger partial charge in [-0.3, -0.25) is 0 Å². The Hall–Kier alpha value is -0.770. The monoisotopic (exact) mass is 184 g/mol. The van der Waals surface area contributed by atoms with Crippen molar-refractivity contribution in [2.45, 2.75) is 25.3 Å². The van der Waals surface area contributed by atoms with Gasteiger partial charge in [0.2, 0.25) is 0 Å². The van der Waals surface area contributed by atoms with Crippen LogP contribution < -0.4 is 5.73 Å². The smallest absolute Gasteiger partial charge is 0.0494 e. The molecule has 2 N–H and O–H groups in total. The molecule has 0 aromatic heterocycles. The van der Waals surface area contributed by atoms with Gasteiger partial charge in [-0.1, -0.05) is 5.11 Å². The van der Waals surface area contributed by atoms with Gasteiger partial charge in [0.05, 0.1) is 0 Å². The van der Waals surface area contributed by atoms with E-state index in [9.17, 15) is 0 Å². The first-order chi connectivity index (χ1) is 6.33. The Bertz CT molecular complexity index is 185. The quantitative estimate of drug-likeness (QED) is 0.407. The van der Waals surface area contributed by atoms with Gasteiger partial charge in [0.15, 0.2) is 0 Å². The van der Waals surface area contributed by atoms with Crippen LogP contribution in [-0.2, 0) is 4.74 Å². The predicted molar refractivity (Wildman–Crippen MR) is 50.1 cm³/mol. The van der Waals surface area contributed by atoms with Crippen molar-refractivity contribution in [1.82, 2.24) is 0 Å². The van der Waals surface area contributed by atoms with E-state index in [1.165, 1.54) is 6.42 Å². The fourth-order valence-corrected chi connectivity index (χ4v) is 1.64. The maximum Gasteiger partial charge on any atom is 0.0494 e. The largest absolute Gasteiger partial charge is 0.381 e. The number of nitrogens with two attached hydrogens (primary N) is 1. The molecule has 0 aromatic rings. The molecule has 1 saturated heterocycles. The molecule has 0 spiro atoms. The summed E-state index contributed by atoms with van der Waals surface area (Å²) in [6.45, 7) is 2.08. The average molecular weight is 184 g/mol. The van der Waals surface area contributed by atoms with Crippen molar-refractivity contribution >= 4 is 0 Å². The Morgan fingerprint density at radius 2 is 2.54 bits per heavy atom. The van der Waals surface area contributed by atoms with Crippen molar-refractivity contribution in [3.63, 3.8) is 0 Å². The maximum atomic E-state index is 8.10. The molecule has 1 fully saturated rings. The zero-order chi connectivity index (χ0) is 9.52. The molecular formula is C8H16N4O. The Morgan fingerprint density at radius 1 is 1.69 bits per heavy atom. The first-order valence-electron chi connectivity index (χ1n) is 4.67. The molecule has 0 amide bonds. The lowest BCUT2D eigenvalue weighted by molar-refractivity contribution is 0.0494. The third-order valence-electron chi connectivity index (χ3n) is 2.27. The van der Waals surface area contributed by atoms with Gasteiger partial charge in [0.25, 0.3) is 0 Å². The van der Waals surface area contributed by atoms with Crippen molar-refractivity contribution in [3.8, 4) is 0 Å². The molecular weight excluding hydrogens is 168 g/mol. The van der Waals surface area contributed by atoms with E-state index in [4.69, 9.17) is 16.0 Å². The van der Waals surface area contributed by atoms with Crippen molar-refractivity contribution in [3.05, 3.63) is 10.4 Å². The molecule has 74 valence electrons. The van der Waals surface area contributed by atoms with E-state index >= 15 is 0 Å². The lowest BCUT2D eigenvalue weighted by Gasteiger charge is -2.24. The minimum atomic E-state index is -0.0115. The van der Waals surface area contributed by atoms with Crippen LogP contribution in [0.1, 0.15) is 19.3 Å². The molecule has 1 aliphatic rings. The van der Waals surface area contributed by atoms with Crippen molar-refractivity contribution in [2.75, 3.05) is 19.8 Å². The average Bonchev–Trinajstić information content (AvgIpc) is 2.16. The number of nitrogens with zero attached hydrogens (tertiary/aromatic N) is 3. The highest BCUT2D eigenvalue weighted by Crippen LogP contribution is 2.18. The molecule has 5 heteroatoms. The van der Waals surface area contributed by atoms with E-state index in [1.54, 1.807) is 0 Å². The molecule has 0 saturated carbocycles. The summed E-state index contributed by atoms with van der Waals surface area (Å²) in [5, 5.41) is 3.45. The number of azide groups is 1. The van der Waals surface area contributed by atoms with Gasteiger partial charge in [-0.05, 0) is 30.7 Å². The zero-order valence-electron chi connectivity index (χ0n) is 7.72. The lowest BCUT2D eigenvalue weighted by atomic mass is 9.95. The maximum absolute atomic E-state index is 8.10. The van der Waals surface area contributed by atoms with Crippen molar-refractivity contribution in [1.29, 1.82) is 0 Å². The van der Waals surface area contributed by atoms with Crippen LogP contribution in [-0.4, -0.2) is 25.8 Å². The molecule has 0 bridgehead atoms. The van der Waals surface area contributed by atoms with Gasteiger partial charge in [0.1, 0.15) is 0 Å². The summed E-state index contributed by atoms with van der Waals surface area (Å²) in [5.41, 5.74) is 13.9. The third kappa shape index (κ3) is 4.12. The highest BCUT2D eigenvalue weighted by Gasteiger charge is 2.16. The molecule has 0 unspecified atom stereocenters. The summed E-state index contributed by atoms with van der Waals surface area (Å²) in [4.78, 5) is 2.68. The van der Waals surface area contributed by atoms with Crippen LogP contribution >= 0.6 is 0 Å². The van der Waals surface area contributed by atoms with E-state index in [1.807, 2.05) is 0 Å². The summed E-state index contributed by atoms with van der Waals surface area (Å²) >= 11 is 0. The minimum Gasteiger partial charge on any atom is -0.381 e. The lowest BCUT2D eigenvalue weighted by Crippen LogP contribution is -2.30. The first-order valence-corrected chi connectivity index (χ1v) is 4.67. The summed E-state index contributed by atoms with van der Waals surface area (Å²) in [7, 11) is 0. The number of hydrogen-bond acceptors (Lipinski definition) is 3. The molecule has 1 heterocycles. The van der Waals surface area contributed by atoms with E-state index in [-0.39, 0.29) is 6.04 Å². The van der Waals surface area contributed by atoms with Gasteiger partial charge in [0, 0.05) is 30.7 Å². The third-order valence-corrected chi connectivity index (χ3v) is 2.27. The standard InChI is InChI=1S/C8H16N4O/c9-8(5-11-12-10)4-7-2-1-3-13-6-7/h7-8H,1-6,9H2/t7-,8+/m1/s1. The second-order valence-corrected chi connectivity index (χ2v) is 3.49. The van der Waals surface area contributed by atoms with Crippen LogP contribution in [0.4, 0.5) is 0 Å². The fraction of sp³-hybridized carbons (Fsp3) is 1.00. The Balaban J connectivity index is 2.17. The van der Waals surface area contributed by atoms with E-state index in [0.717, 1.165) is 26.1 Å². The van der Waals surface area contributed by atoms with Crippen LogP contribution in [0, 0.1) is 5.92 Å². The van der Waals surface area contributed by atoms with E-state index < -0.39 is 0 Å². The molecule has 0 radical (unpaired) electrons. The number of rotatable bonds is 4. The minimum absolute atomic E-state index is 0.0115. The Morgan fingerprint density at radius 3 is 3.15 bits per heavy atom. The summed E-state index contributed by atoms with van der Waals surface area (Å²) in [6, 6.07) is -0.0115. The molecule has 13 heavy (non-hydrogen) atoms. The van der Waals surface area contributed by atoms with E-state index in [0.29, 0.717) is 12.5 Å². The van der Waals surface area contributed by atoms with Gasteiger partial charge in [-0.2, -0.15) is 0 Å². The van der Waals surface area contributed by atoms with Crippen LogP contribution in [0.25, 0.3) is 10.4 Å². The molecule has 2 atom stereocenters. The SMILES string of the molecule is [N-]=[N+]=NC[C@@H](N)C[C@H]1CCCOC1. The fourth-order valence-electron chi connectivity index (χ4n) is 1.64. The normalized spacial score (nSPS) is 24.8. The van der Waals surface area contributed by atoms with Gasteiger partial charge in [-0.25, -0.2) is 0 Å². The topological polar surface area (TPSA) is 84.0 Å². The summed E-state index contributed by atoms with van der Waals surface area (Å²) in [5.74, 6) is 0.553. The van der Waals surface area contributed by atoms with Crippen LogP contribution in [0.2, 0.25) is 0 Å². The van der Waals surface area contributed by atoms with Crippen molar-refractivity contribution in [2.24, 2.45) is 16.8 Å². The molecule has 0 aromatic carbocycles. The summed E-state index contributed by atoms with van der Waals surface area (Å²) in [6.07, 6.45) is 3.21. The van der Waals surface area contributed by atoms with Gasteiger partial charge in [-0.15, -0.1) is 0 Å². The second kappa shape index (κ2) is 5.80. The Kier molecular flexibility index (Phi) is 4.60.